The van der Waals surface area contributed by atoms with E-state index in [0.29, 0.717) is 44.0 Å². The van der Waals surface area contributed by atoms with Crippen LogP contribution in [-0.2, 0) is 32.5 Å². The van der Waals surface area contributed by atoms with Crippen LogP contribution in [0.1, 0.15) is 42.3 Å². The van der Waals surface area contributed by atoms with Gasteiger partial charge in [-0.15, -0.1) is 0 Å². The van der Waals surface area contributed by atoms with Crippen molar-refractivity contribution in [2.24, 2.45) is 5.92 Å². The summed E-state index contributed by atoms with van der Waals surface area (Å²) in [5, 5.41) is 5.67. The van der Waals surface area contributed by atoms with E-state index in [1.807, 2.05) is 26.8 Å². The Hall–Kier alpha value is -2.75. The molecule has 1 heterocycles. The number of aryl methyl sites for hydroxylation is 1. The van der Waals surface area contributed by atoms with E-state index in [1.165, 1.54) is 10.4 Å². The number of sulfonamides is 1. The number of nitrogens with one attached hydrogen (secondary N) is 2. The van der Waals surface area contributed by atoms with Crippen LogP contribution in [0.2, 0.25) is 0 Å². The fraction of sp³-hybridized carbons (Fsp3) is 0.417. The van der Waals surface area contributed by atoms with Gasteiger partial charge >= 0.3 is 0 Å². The zero-order chi connectivity index (χ0) is 24.0. The maximum absolute atomic E-state index is 13.2. The number of hydrogen-bond acceptors (Lipinski definition) is 5. The number of anilines is 1. The molecule has 0 saturated carbocycles. The number of amides is 2. The largest absolute Gasteiger partial charge is 0.379 e. The van der Waals surface area contributed by atoms with E-state index < -0.39 is 10.0 Å². The lowest BCUT2D eigenvalue weighted by molar-refractivity contribution is -0.118. The van der Waals surface area contributed by atoms with Gasteiger partial charge in [-0.2, -0.15) is 4.31 Å². The quantitative estimate of drug-likeness (QED) is 0.613. The highest BCUT2D eigenvalue weighted by atomic mass is 32.2. The monoisotopic (exact) mass is 473 g/mol. The summed E-state index contributed by atoms with van der Waals surface area (Å²) in [7, 11) is -3.72. The molecule has 0 radical (unpaired) electrons. The van der Waals surface area contributed by atoms with Gasteiger partial charge in [0.1, 0.15) is 0 Å². The number of ether oxygens (including phenoxy) is 1. The van der Waals surface area contributed by atoms with Gasteiger partial charge in [-0.1, -0.05) is 39.0 Å². The third-order valence-electron chi connectivity index (χ3n) is 5.47. The average molecular weight is 474 g/mol. The van der Waals surface area contributed by atoms with E-state index in [1.54, 1.807) is 30.3 Å². The molecule has 0 atom stereocenters. The summed E-state index contributed by atoms with van der Waals surface area (Å²) in [6.45, 7) is 7.07. The molecule has 1 aliphatic heterocycles. The first kappa shape index (κ1) is 24.9. The summed E-state index contributed by atoms with van der Waals surface area (Å²) < 4.78 is 33.1. The zero-order valence-corrected chi connectivity index (χ0v) is 20.1. The van der Waals surface area contributed by atoms with E-state index in [4.69, 9.17) is 4.74 Å². The van der Waals surface area contributed by atoms with E-state index in [0.717, 1.165) is 5.56 Å². The number of carbonyl (C=O) groups is 2. The molecule has 2 N–H and O–H groups in total. The highest BCUT2D eigenvalue weighted by Crippen LogP contribution is 2.23. The van der Waals surface area contributed by atoms with Gasteiger partial charge in [0.15, 0.2) is 0 Å². The van der Waals surface area contributed by atoms with Crippen molar-refractivity contribution in [1.29, 1.82) is 0 Å². The molecule has 1 aliphatic rings. The Balaban J connectivity index is 1.74. The third-order valence-corrected chi connectivity index (χ3v) is 7.45. The molecule has 0 aromatic heterocycles. The Morgan fingerprint density at radius 3 is 2.48 bits per heavy atom. The fourth-order valence-corrected chi connectivity index (χ4v) is 5.21. The maximum Gasteiger partial charge on any atom is 0.251 e. The van der Waals surface area contributed by atoms with Crippen LogP contribution in [0.3, 0.4) is 0 Å². The van der Waals surface area contributed by atoms with Crippen LogP contribution in [0, 0.1) is 5.92 Å². The first-order chi connectivity index (χ1) is 15.7. The van der Waals surface area contributed by atoms with Crippen molar-refractivity contribution in [3.05, 3.63) is 59.2 Å². The molecule has 0 bridgehead atoms. The normalized spacial score (nSPS) is 14.8. The maximum atomic E-state index is 13.2. The van der Waals surface area contributed by atoms with Crippen molar-refractivity contribution in [2.75, 3.05) is 31.6 Å². The van der Waals surface area contributed by atoms with Gasteiger partial charge < -0.3 is 15.4 Å². The molecule has 2 aromatic rings. The second kappa shape index (κ2) is 10.9. The van der Waals surface area contributed by atoms with Gasteiger partial charge in [-0.3, -0.25) is 9.59 Å². The summed E-state index contributed by atoms with van der Waals surface area (Å²) in [5.74, 6) is -0.587. The van der Waals surface area contributed by atoms with Gasteiger partial charge in [-0.05, 0) is 41.8 Å². The molecule has 1 saturated heterocycles. The number of rotatable bonds is 8. The van der Waals surface area contributed by atoms with Crippen LogP contribution in [0.5, 0.6) is 0 Å². The van der Waals surface area contributed by atoms with E-state index >= 15 is 0 Å². The second-order valence-electron chi connectivity index (χ2n) is 8.22. The molecule has 8 nitrogen and oxygen atoms in total. The van der Waals surface area contributed by atoms with Crippen molar-refractivity contribution in [3.8, 4) is 0 Å². The molecule has 178 valence electrons. The number of nitrogens with zero attached hydrogens (tertiary/aromatic N) is 1. The molecule has 1 fully saturated rings. The SMILES string of the molecule is CCc1ccc(C(=O)NCc2cccc(NC(=O)C(C)C)c2)cc1S(=O)(=O)N1CCOCC1. The minimum Gasteiger partial charge on any atom is -0.379 e. The van der Waals surface area contributed by atoms with E-state index in [2.05, 4.69) is 10.6 Å². The minimum absolute atomic E-state index is 0.0822. The van der Waals surface area contributed by atoms with E-state index in [-0.39, 0.29) is 34.7 Å². The molecule has 0 unspecified atom stereocenters. The number of benzene rings is 2. The molecule has 2 aromatic carbocycles. The average Bonchev–Trinajstić information content (AvgIpc) is 2.82. The van der Waals surface area contributed by atoms with Crippen LogP contribution in [0.4, 0.5) is 5.69 Å². The lowest BCUT2D eigenvalue weighted by Gasteiger charge is -2.27. The Morgan fingerprint density at radius 2 is 1.82 bits per heavy atom. The molecular weight excluding hydrogens is 442 g/mol. The van der Waals surface area contributed by atoms with Gasteiger partial charge in [0, 0.05) is 36.8 Å². The Morgan fingerprint density at radius 1 is 1.09 bits per heavy atom. The predicted octanol–water partition coefficient (Wildman–Crippen LogP) is 2.79. The van der Waals surface area contributed by atoms with Crippen LogP contribution in [0.25, 0.3) is 0 Å². The topological polar surface area (TPSA) is 105 Å². The van der Waals surface area contributed by atoms with Crippen LogP contribution in [-0.4, -0.2) is 50.8 Å². The summed E-state index contributed by atoms with van der Waals surface area (Å²) in [5.41, 5.74) is 2.43. The second-order valence-corrected chi connectivity index (χ2v) is 10.1. The molecule has 2 amide bonds. The molecule has 9 heteroatoms. The van der Waals surface area contributed by atoms with Gasteiger partial charge in [0.05, 0.1) is 18.1 Å². The lowest BCUT2D eigenvalue weighted by atomic mass is 10.1. The summed E-state index contributed by atoms with van der Waals surface area (Å²) in [6, 6.07) is 12.0. The molecule has 0 aliphatic carbocycles. The van der Waals surface area contributed by atoms with Gasteiger partial charge in [0.25, 0.3) is 5.91 Å². The zero-order valence-electron chi connectivity index (χ0n) is 19.3. The molecule has 3 rings (SSSR count). The van der Waals surface area contributed by atoms with Crippen molar-refractivity contribution < 1.29 is 22.7 Å². The Labute approximate surface area is 195 Å². The lowest BCUT2D eigenvalue weighted by Crippen LogP contribution is -2.41. The number of hydrogen-bond donors (Lipinski definition) is 2. The first-order valence-electron chi connectivity index (χ1n) is 11.1. The Bertz CT molecular complexity index is 1110. The van der Waals surface area contributed by atoms with Crippen LogP contribution >= 0.6 is 0 Å². The van der Waals surface area contributed by atoms with Crippen molar-refractivity contribution in [1.82, 2.24) is 9.62 Å². The molecular formula is C24H31N3O5S. The van der Waals surface area contributed by atoms with Crippen molar-refractivity contribution >= 4 is 27.5 Å². The summed E-state index contributed by atoms with van der Waals surface area (Å²) in [4.78, 5) is 24.9. The highest BCUT2D eigenvalue weighted by Gasteiger charge is 2.29. The standard InChI is InChI=1S/C24H31N3O5S/c1-4-19-8-9-20(15-22(19)33(30,31)27-10-12-32-13-11-27)24(29)25-16-18-6-5-7-21(14-18)26-23(28)17(2)3/h5-9,14-15,17H,4,10-13,16H2,1-3H3,(H,25,29)(H,26,28). The van der Waals surface area contributed by atoms with Crippen molar-refractivity contribution in [3.63, 3.8) is 0 Å². The predicted molar refractivity (Wildman–Crippen MR) is 126 cm³/mol. The minimum atomic E-state index is -3.72. The number of morpholine rings is 1. The fourth-order valence-electron chi connectivity index (χ4n) is 3.48. The smallest absolute Gasteiger partial charge is 0.251 e. The van der Waals surface area contributed by atoms with Gasteiger partial charge in [-0.25, -0.2) is 8.42 Å². The van der Waals surface area contributed by atoms with Crippen LogP contribution in [0.15, 0.2) is 47.4 Å². The highest BCUT2D eigenvalue weighted by molar-refractivity contribution is 7.89. The van der Waals surface area contributed by atoms with E-state index in [9.17, 15) is 18.0 Å². The Kier molecular flexibility index (Phi) is 8.23. The first-order valence-corrected chi connectivity index (χ1v) is 12.5. The third kappa shape index (κ3) is 6.19. The molecule has 33 heavy (non-hydrogen) atoms. The summed E-state index contributed by atoms with van der Waals surface area (Å²) >= 11 is 0. The number of carbonyl (C=O) groups excluding carboxylic acids is 2. The van der Waals surface area contributed by atoms with Gasteiger partial charge in [0.2, 0.25) is 15.9 Å². The molecule has 0 spiro atoms. The van der Waals surface area contributed by atoms with Crippen LogP contribution < -0.4 is 10.6 Å². The summed E-state index contributed by atoms with van der Waals surface area (Å²) in [6.07, 6.45) is 0.537. The van der Waals surface area contributed by atoms with Crippen molar-refractivity contribution in [2.45, 2.75) is 38.6 Å².